The molecule has 0 aliphatic heterocycles. The van der Waals surface area contributed by atoms with Gasteiger partial charge >= 0.3 is 6.18 Å². The Morgan fingerprint density at radius 3 is 2.33 bits per heavy atom. The molecule has 168 valence electrons. The van der Waals surface area contributed by atoms with Crippen molar-refractivity contribution >= 4 is 15.7 Å². The van der Waals surface area contributed by atoms with Crippen molar-refractivity contribution in [3.05, 3.63) is 29.8 Å². The minimum Gasteiger partial charge on any atom is -0.352 e. The van der Waals surface area contributed by atoms with Gasteiger partial charge < -0.3 is 10.6 Å². The predicted molar refractivity (Wildman–Crippen MR) is 98.8 cm³/mol. The van der Waals surface area contributed by atoms with E-state index >= 15 is 0 Å². The molecular formula is C19H23F5N2O3S. The zero-order valence-corrected chi connectivity index (χ0v) is 16.8. The minimum absolute atomic E-state index is 0.0755. The third kappa shape index (κ3) is 5.48. The number of benzene rings is 1. The van der Waals surface area contributed by atoms with Gasteiger partial charge in [0.15, 0.2) is 9.84 Å². The number of carbonyl (C=O) groups is 1. The summed E-state index contributed by atoms with van der Waals surface area (Å²) in [5.41, 5.74) is -1.02. The van der Waals surface area contributed by atoms with E-state index in [1.807, 2.05) is 0 Å². The first-order valence-corrected chi connectivity index (χ1v) is 11.2. The second-order valence-electron chi connectivity index (χ2n) is 7.94. The standard InChI is InChI=1S/C19H23F5N2O3S/c20-18(21)6-4-13(5-7-18)26-17(27)11-25-14-9-16(10-14)30(28,29)15-3-1-2-12(8-15)19(22,23)24/h1-3,8,13-14,16,25H,4-7,9-11H2,(H,26,27). The number of rotatable bonds is 6. The van der Waals surface area contributed by atoms with Gasteiger partial charge in [-0.3, -0.25) is 4.79 Å². The van der Waals surface area contributed by atoms with Gasteiger partial charge in [-0.25, -0.2) is 17.2 Å². The fourth-order valence-corrected chi connectivity index (χ4v) is 5.64. The lowest BCUT2D eigenvalue weighted by atomic mass is 9.92. The van der Waals surface area contributed by atoms with Crippen molar-refractivity contribution in [1.29, 1.82) is 0 Å². The Morgan fingerprint density at radius 1 is 1.10 bits per heavy atom. The van der Waals surface area contributed by atoms with Crippen molar-refractivity contribution in [1.82, 2.24) is 10.6 Å². The quantitative estimate of drug-likeness (QED) is 0.647. The largest absolute Gasteiger partial charge is 0.416 e. The highest BCUT2D eigenvalue weighted by atomic mass is 32.2. The normalized spacial score (nSPS) is 24.8. The lowest BCUT2D eigenvalue weighted by Crippen LogP contribution is -2.51. The molecular weight excluding hydrogens is 431 g/mol. The van der Waals surface area contributed by atoms with Crippen LogP contribution in [0.15, 0.2) is 29.2 Å². The molecule has 2 fully saturated rings. The molecule has 0 heterocycles. The van der Waals surface area contributed by atoms with Gasteiger partial charge in [0.1, 0.15) is 0 Å². The Morgan fingerprint density at radius 2 is 1.73 bits per heavy atom. The molecule has 30 heavy (non-hydrogen) atoms. The molecule has 2 saturated carbocycles. The molecule has 0 bridgehead atoms. The topological polar surface area (TPSA) is 75.3 Å². The van der Waals surface area contributed by atoms with Crippen molar-refractivity contribution in [3.8, 4) is 0 Å². The van der Waals surface area contributed by atoms with Crippen molar-refractivity contribution < 1.29 is 35.2 Å². The van der Waals surface area contributed by atoms with Crippen LogP contribution in [-0.2, 0) is 20.8 Å². The fraction of sp³-hybridized carbons (Fsp3) is 0.632. The molecule has 1 aromatic carbocycles. The number of amides is 1. The van der Waals surface area contributed by atoms with Crippen molar-refractivity contribution in [2.45, 2.75) is 72.9 Å². The zero-order valence-electron chi connectivity index (χ0n) is 16.0. The maximum Gasteiger partial charge on any atom is 0.416 e. The maximum atomic E-state index is 13.1. The third-order valence-corrected chi connectivity index (χ3v) is 7.83. The summed E-state index contributed by atoms with van der Waals surface area (Å²) in [5, 5.41) is 4.78. The Bertz CT molecular complexity index is 872. The van der Waals surface area contributed by atoms with Gasteiger partial charge in [-0.15, -0.1) is 0 Å². The molecule has 0 saturated heterocycles. The monoisotopic (exact) mass is 454 g/mol. The molecule has 1 aromatic rings. The first-order valence-electron chi connectivity index (χ1n) is 9.68. The summed E-state index contributed by atoms with van der Waals surface area (Å²) in [5.74, 6) is -3.03. The van der Waals surface area contributed by atoms with E-state index in [2.05, 4.69) is 10.6 Å². The van der Waals surface area contributed by atoms with Crippen molar-refractivity contribution in [2.24, 2.45) is 0 Å². The van der Waals surface area contributed by atoms with Gasteiger partial charge in [0, 0.05) is 24.9 Å². The van der Waals surface area contributed by atoms with Crippen molar-refractivity contribution in [3.63, 3.8) is 0 Å². The summed E-state index contributed by atoms with van der Waals surface area (Å²) in [4.78, 5) is 11.6. The van der Waals surface area contributed by atoms with E-state index in [9.17, 15) is 35.2 Å². The summed E-state index contributed by atoms with van der Waals surface area (Å²) < 4.78 is 89.8. The first kappa shape index (κ1) is 22.9. The Kier molecular flexibility index (Phi) is 6.43. The van der Waals surface area contributed by atoms with Gasteiger partial charge in [0.2, 0.25) is 11.8 Å². The molecule has 0 spiro atoms. The van der Waals surface area contributed by atoms with E-state index in [0.29, 0.717) is 6.07 Å². The minimum atomic E-state index is -4.63. The highest BCUT2D eigenvalue weighted by Gasteiger charge is 2.41. The zero-order chi connectivity index (χ0) is 22.2. The van der Waals surface area contributed by atoms with Crippen LogP contribution in [0.4, 0.5) is 22.0 Å². The number of hydrogen-bond donors (Lipinski definition) is 2. The van der Waals surface area contributed by atoms with E-state index < -0.39 is 32.7 Å². The number of alkyl halides is 5. The molecule has 1 amide bonds. The van der Waals surface area contributed by atoms with E-state index in [0.717, 1.165) is 18.2 Å². The first-order chi connectivity index (χ1) is 13.9. The van der Waals surface area contributed by atoms with E-state index in [1.54, 1.807) is 0 Å². The summed E-state index contributed by atoms with van der Waals surface area (Å²) in [6, 6.07) is 3.11. The number of hydrogen-bond acceptors (Lipinski definition) is 4. The molecule has 0 radical (unpaired) electrons. The number of sulfone groups is 1. The molecule has 0 unspecified atom stereocenters. The van der Waals surface area contributed by atoms with Crippen LogP contribution in [-0.4, -0.2) is 44.1 Å². The van der Waals surface area contributed by atoms with Crippen LogP contribution in [0, 0.1) is 0 Å². The maximum absolute atomic E-state index is 13.1. The Balaban J connectivity index is 1.45. The third-order valence-electron chi connectivity index (χ3n) is 5.66. The van der Waals surface area contributed by atoms with E-state index in [-0.39, 0.29) is 68.0 Å². The molecule has 11 heteroatoms. The highest BCUT2D eigenvalue weighted by Crippen LogP contribution is 2.35. The molecule has 3 rings (SSSR count). The fourth-order valence-electron chi connectivity index (χ4n) is 3.73. The lowest BCUT2D eigenvalue weighted by molar-refractivity contribution is -0.137. The average Bonchev–Trinajstić information content (AvgIpc) is 2.61. The van der Waals surface area contributed by atoms with E-state index in [4.69, 9.17) is 0 Å². The molecule has 2 aliphatic carbocycles. The van der Waals surface area contributed by atoms with Gasteiger partial charge in [0.05, 0.1) is 22.3 Å². The van der Waals surface area contributed by atoms with Gasteiger partial charge in [-0.05, 0) is 43.9 Å². The van der Waals surface area contributed by atoms with Crippen LogP contribution in [0.25, 0.3) is 0 Å². The predicted octanol–water partition coefficient (Wildman–Crippen LogP) is 3.29. The summed E-state index contributed by atoms with van der Waals surface area (Å²) in [7, 11) is -3.90. The Labute approximate surface area is 171 Å². The summed E-state index contributed by atoms with van der Waals surface area (Å²) in [6.07, 6.45) is -4.37. The summed E-state index contributed by atoms with van der Waals surface area (Å²) in [6.45, 7) is -0.0755. The Hall–Kier alpha value is -1.75. The number of carbonyl (C=O) groups excluding carboxylic acids is 1. The van der Waals surface area contributed by atoms with Crippen LogP contribution in [0.1, 0.15) is 44.1 Å². The molecule has 5 nitrogen and oxygen atoms in total. The molecule has 2 N–H and O–H groups in total. The molecule has 0 aromatic heterocycles. The SMILES string of the molecule is O=C(CNC1CC(S(=O)(=O)c2cccc(C(F)(F)F)c2)C1)NC1CCC(F)(F)CC1. The van der Waals surface area contributed by atoms with Gasteiger partial charge in [0.25, 0.3) is 0 Å². The lowest BCUT2D eigenvalue weighted by Gasteiger charge is -2.35. The summed E-state index contributed by atoms with van der Waals surface area (Å²) >= 11 is 0. The second kappa shape index (κ2) is 8.41. The number of halogens is 5. The van der Waals surface area contributed by atoms with Crippen LogP contribution >= 0.6 is 0 Å². The van der Waals surface area contributed by atoms with E-state index in [1.165, 1.54) is 0 Å². The van der Waals surface area contributed by atoms with Crippen LogP contribution in [0.5, 0.6) is 0 Å². The molecule has 2 aliphatic rings. The average molecular weight is 454 g/mol. The smallest absolute Gasteiger partial charge is 0.352 e. The second-order valence-corrected chi connectivity index (χ2v) is 10.2. The molecule has 0 atom stereocenters. The van der Waals surface area contributed by atoms with Gasteiger partial charge in [-0.1, -0.05) is 6.07 Å². The number of nitrogens with one attached hydrogen (secondary N) is 2. The van der Waals surface area contributed by atoms with Crippen LogP contribution in [0.2, 0.25) is 0 Å². The van der Waals surface area contributed by atoms with Crippen LogP contribution < -0.4 is 10.6 Å². The van der Waals surface area contributed by atoms with Crippen LogP contribution in [0.3, 0.4) is 0 Å². The highest BCUT2D eigenvalue weighted by molar-refractivity contribution is 7.92. The van der Waals surface area contributed by atoms with Crippen molar-refractivity contribution in [2.75, 3.05) is 6.54 Å². The van der Waals surface area contributed by atoms with Gasteiger partial charge in [-0.2, -0.15) is 13.2 Å².